The Hall–Kier alpha value is -4.33. The summed E-state index contributed by atoms with van der Waals surface area (Å²) in [5.41, 5.74) is 2.30. The number of aliphatic carboxylic acids is 1. The van der Waals surface area contributed by atoms with Crippen molar-refractivity contribution >= 4 is 29.4 Å². The minimum Gasteiger partial charge on any atom is -0.480 e. The maximum Gasteiger partial charge on any atom is 0.329 e. The maximum atomic E-state index is 14.1. The summed E-state index contributed by atoms with van der Waals surface area (Å²) in [5, 5.41) is 10.4. The zero-order valence-electron chi connectivity index (χ0n) is 21.6. The van der Waals surface area contributed by atoms with Crippen LogP contribution in [0.5, 0.6) is 0 Å². The van der Waals surface area contributed by atoms with Crippen molar-refractivity contribution in [2.45, 2.75) is 43.9 Å². The van der Waals surface area contributed by atoms with E-state index in [0.717, 1.165) is 5.56 Å². The van der Waals surface area contributed by atoms with Crippen molar-refractivity contribution in [3.8, 4) is 0 Å². The fourth-order valence-corrected chi connectivity index (χ4v) is 5.70. The van der Waals surface area contributed by atoms with E-state index in [4.69, 9.17) is 0 Å². The lowest BCUT2D eigenvalue weighted by atomic mass is 10.0. The van der Waals surface area contributed by atoms with Crippen molar-refractivity contribution in [1.29, 1.82) is 0 Å². The van der Waals surface area contributed by atoms with Gasteiger partial charge in [-0.1, -0.05) is 66.7 Å². The van der Waals surface area contributed by atoms with E-state index in [9.17, 15) is 19.5 Å². The number of carbonyl (C=O) groups is 3. The van der Waals surface area contributed by atoms with Gasteiger partial charge >= 0.3 is 18.0 Å². The first kappa shape index (κ1) is 25.3. The molecule has 2 saturated heterocycles. The molecule has 196 valence electrons. The molecule has 0 saturated carbocycles. The number of fused-ring (bicyclic) bond motifs is 2. The molecule has 4 amide bonds. The number of para-hydroxylation sites is 2. The quantitative estimate of drug-likeness (QED) is 0.499. The highest BCUT2D eigenvalue weighted by molar-refractivity contribution is 6.01. The number of carboxylic acids is 1. The average molecular weight is 513 g/mol. The van der Waals surface area contributed by atoms with Crippen LogP contribution in [0.4, 0.5) is 21.0 Å². The number of carbonyl (C=O) groups excluding carboxylic acids is 2. The van der Waals surface area contributed by atoms with Crippen LogP contribution in [0.2, 0.25) is 0 Å². The zero-order chi connectivity index (χ0) is 26.8. The van der Waals surface area contributed by atoms with Gasteiger partial charge in [0, 0.05) is 13.6 Å². The Morgan fingerprint density at radius 1 is 0.816 bits per heavy atom. The highest BCUT2D eigenvalue weighted by atomic mass is 16.4. The van der Waals surface area contributed by atoms with E-state index in [1.54, 1.807) is 21.7 Å². The van der Waals surface area contributed by atoms with E-state index >= 15 is 0 Å². The van der Waals surface area contributed by atoms with Gasteiger partial charge in [0.2, 0.25) is 0 Å². The van der Waals surface area contributed by atoms with Crippen LogP contribution in [0.15, 0.2) is 91.0 Å². The molecule has 3 aromatic rings. The van der Waals surface area contributed by atoms with Gasteiger partial charge in [-0.2, -0.15) is 0 Å². The standard InChI is InChI=1S/C30H32N4O4/c1-21(22-12-6-3-7-13-22)31(2)29(37)34-25-18-19-26(34)27(28(35)36)32(20-25)30(38)33(23-14-8-4-9-15-23)24-16-10-5-11-17-24/h3-17,21,25-27H,18-20H2,1-2H3,(H,35,36)/t21?,25-,26+,27-/m0/s1. The monoisotopic (exact) mass is 512 g/mol. The van der Waals surface area contributed by atoms with E-state index in [0.29, 0.717) is 24.2 Å². The summed E-state index contributed by atoms with van der Waals surface area (Å²) in [4.78, 5) is 46.9. The number of hydrogen-bond donors (Lipinski definition) is 1. The summed E-state index contributed by atoms with van der Waals surface area (Å²) in [5.74, 6) is -1.11. The number of urea groups is 2. The second-order valence-electron chi connectivity index (χ2n) is 9.91. The van der Waals surface area contributed by atoms with E-state index < -0.39 is 24.1 Å². The molecule has 0 radical (unpaired) electrons. The van der Waals surface area contributed by atoms with Gasteiger partial charge in [0.15, 0.2) is 6.04 Å². The predicted molar refractivity (Wildman–Crippen MR) is 145 cm³/mol. The highest BCUT2D eigenvalue weighted by Crippen LogP contribution is 2.38. The van der Waals surface area contributed by atoms with E-state index in [-0.39, 0.29) is 24.7 Å². The van der Waals surface area contributed by atoms with Gasteiger partial charge in [0.25, 0.3) is 0 Å². The van der Waals surface area contributed by atoms with Gasteiger partial charge < -0.3 is 19.8 Å². The molecular formula is C30H32N4O4. The Morgan fingerprint density at radius 2 is 1.34 bits per heavy atom. The second-order valence-corrected chi connectivity index (χ2v) is 9.91. The number of piperazine rings is 1. The summed E-state index contributed by atoms with van der Waals surface area (Å²) < 4.78 is 0. The number of likely N-dealkylation sites (tertiary alicyclic amines) is 1. The molecular weight excluding hydrogens is 480 g/mol. The van der Waals surface area contributed by atoms with Crippen LogP contribution in [-0.4, -0.2) is 69.6 Å². The molecule has 2 aliphatic heterocycles. The number of benzene rings is 3. The molecule has 0 aromatic heterocycles. The van der Waals surface area contributed by atoms with Gasteiger partial charge in [-0.15, -0.1) is 0 Å². The molecule has 1 N–H and O–H groups in total. The van der Waals surface area contributed by atoms with Gasteiger partial charge in [0.1, 0.15) is 0 Å². The first-order chi connectivity index (χ1) is 18.4. The van der Waals surface area contributed by atoms with Gasteiger partial charge in [-0.05, 0) is 49.6 Å². The average Bonchev–Trinajstić information content (AvgIpc) is 3.25. The lowest BCUT2D eigenvalue weighted by Gasteiger charge is -2.47. The maximum absolute atomic E-state index is 14.1. The van der Waals surface area contributed by atoms with Crippen molar-refractivity contribution in [1.82, 2.24) is 14.7 Å². The molecule has 0 spiro atoms. The molecule has 38 heavy (non-hydrogen) atoms. The smallest absolute Gasteiger partial charge is 0.329 e. The number of rotatable bonds is 5. The van der Waals surface area contributed by atoms with Crippen molar-refractivity contribution in [3.05, 3.63) is 96.6 Å². The van der Waals surface area contributed by atoms with Crippen molar-refractivity contribution in [3.63, 3.8) is 0 Å². The van der Waals surface area contributed by atoms with Crippen molar-refractivity contribution < 1.29 is 19.5 Å². The molecule has 8 nitrogen and oxygen atoms in total. The molecule has 2 heterocycles. The molecule has 8 heteroatoms. The molecule has 3 aromatic carbocycles. The van der Waals surface area contributed by atoms with Crippen molar-refractivity contribution in [2.24, 2.45) is 0 Å². The third-order valence-electron chi connectivity index (χ3n) is 7.76. The zero-order valence-corrected chi connectivity index (χ0v) is 21.6. The Kier molecular flexibility index (Phi) is 7.05. The van der Waals surface area contributed by atoms with Crippen LogP contribution in [0.3, 0.4) is 0 Å². The molecule has 2 aliphatic rings. The lowest BCUT2D eigenvalue weighted by molar-refractivity contribution is -0.145. The van der Waals surface area contributed by atoms with Crippen LogP contribution in [0.1, 0.15) is 31.4 Å². The molecule has 5 rings (SSSR count). The fraction of sp³-hybridized carbons (Fsp3) is 0.300. The SMILES string of the molecule is CC(c1ccccc1)N(C)C(=O)N1[C@H]2CC[C@@H]1[C@@H](C(=O)O)N(C(=O)N(c1ccccc1)c1ccccc1)C2. The lowest BCUT2D eigenvalue weighted by Crippen LogP contribution is -2.67. The normalized spacial score (nSPS) is 21.1. The van der Waals surface area contributed by atoms with E-state index in [1.807, 2.05) is 97.9 Å². The first-order valence-corrected chi connectivity index (χ1v) is 12.9. The predicted octanol–water partition coefficient (Wildman–Crippen LogP) is 5.36. The fourth-order valence-electron chi connectivity index (χ4n) is 5.70. The molecule has 1 unspecified atom stereocenters. The summed E-state index contributed by atoms with van der Waals surface area (Å²) in [6, 6.07) is 25.3. The van der Waals surface area contributed by atoms with E-state index in [2.05, 4.69) is 0 Å². The van der Waals surface area contributed by atoms with Gasteiger partial charge in [-0.3, -0.25) is 4.90 Å². The Labute approximate surface area is 222 Å². The number of carboxylic acid groups (broad SMARTS) is 1. The van der Waals surface area contributed by atoms with Gasteiger partial charge in [0.05, 0.1) is 29.5 Å². The topological polar surface area (TPSA) is 84.4 Å². The molecule has 2 fully saturated rings. The molecule has 0 aliphatic carbocycles. The molecule has 2 bridgehead atoms. The minimum atomic E-state index is -1.15. The summed E-state index contributed by atoms with van der Waals surface area (Å²) in [6.07, 6.45) is 1.18. The second kappa shape index (κ2) is 10.6. The number of anilines is 2. The Morgan fingerprint density at radius 3 is 1.87 bits per heavy atom. The summed E-state index contributed by atoms with van der Waals surface area (Å²) in [6.45, 7) is 2.11. The summed E-state index contributed by atoms with van der Waals surface area (Å²) >= 11 is 0. The van der Waals surface area contributed by atoms with Crippen LogP contribution < -0.4 is 4.90 Å². The molecule has 4 atom stereocenters. The number of hydrogen-bond acceptors (Lipinski definition) is 3. The van der Waals surface area contributed by atoms with Gasteiger partial charge in [-0.25, -0.2) is 14.4 Å². The Bertz CT molecular complexity index is 1250. The Balaban J connectivity index is 1.45. The van der Waals surface area contributed by atoms with Crippen LogP contribution >= 0.6 is 0 Å². The largest absolute Gasteiger partial charge is 0.480 e. The highest BCUT2D eigenvalue weighted by Gasteiger charge is 2.54. The summed E-state index contributed by atoms with van der Waals surface area (Å²) in [7, 11) is 1.75. The first-order valence-electron chi connectivity index (χ1n) is 12.9. The third-order valence-corrected chi connectivity index (χ3v) is 7.76. The van der Waals surface area contributed by atoms with Crippen LogP contribution in [-0.2, 0) is 4.79 Å². The number of nitrogens with zero attached hydrogens (tertiary/aromatic N) is 4. The van der Waals surface area contributed by atoms with Crippen LogP contribution in [0, 0.1) is 0 Å². The van der Waals surface area contributed by atoms with Crippen molar-refractivity contribution in [2.75, 3.05) is 18.5 Å². The minimum absolute atomic E-state index is 0.155. The third kappa shape index (κ3) is 4.58. The number of amides is 4. The van der Waals surface area contributed by atoms with Crippen LogP contribution in [0.25, 0.3) is 0 Å². The van der Waals surface area contributed by atoms with E-state index in [1.165, 1.54) is 4.90 Å².